The summed E-state index contributed by atoms with van der Waals surface area (Å²) in [5.74, 6) is -7.99. The summed E-state index contributed by atoms with van der Waals surface area (Å²) in [6.45, 7) is 3.43. The number of benzene rings is 1. The number of hydrogen-bond donors (Lipinski definition) is 5. The van der Waals surface area contributed by atoms with E-state index in [1.807, 2.05) is 0 Å². The van der Waals surface area contributed by atoms with Crippen LogP contribution in [0.2, 0.25) is 0 Å². The normalized spacial score (nSPS) is 29.3. The molecule has 9 nitrogen and oxygen atoms in total. The zero-order chi connectivity index (χ0) is 28.4. The van der Waals surface area contributed by atoms with Crippen LogP contribution in [0, 0.1) is 29.6 Å². The van der Waals surface area contributed by atoms with Crippen molar-refractivity contribution in [2.24, 2.45) is 35.3 Å². The number of amides is 1. The maximum absolute atomic E-state index is 13.9. The Morgan fingerprint density at radius 1 is 1.08 bits per heavy atom. The molecule has 0 unspecified atom stereocenters. The molecule has 0 aromatic heterocycles. The van der Waals surface area contributed by atoms with Crippen molar-refractivity contribution in [1.29, 1.82) is 0 Å². The van der Waals surface area contributed by atoms with Gasteiger partial charge in [0.15, 0.2) is 17.2 Å². The standard InChI is InChI=1S/C30H35NO8/c1-13(2)21-18-12-15-11-17-16(20(33)10-14-6-4-3-5-7-14)8-9-19(32)23(17)26(35)22(15)27(36)30(18,39)28(37)24(25(21)34)29(31)38/h8-9,13-15,18,21,32,35,37,39H,3-7,10-12H2,1-2H3,(H2,31,38)/t15-,18-,21-,30-/m0/s1. The van der Waals surface area contributed by atoms with Gasteiger partial charge in [-0.3, -0.25) is 19.2 Å². The van der Waals surface area contributed by atoms with E-state index in [2.05, 4.69) is 0 Å². The molecule has 208 valence electrons. The quantitative estimate of drug-likeness (QED) is 0.280. The Morgan fingerprint density at radius 3 is 2.36 bits per heavy atom. The first-order valence-electron chi connectivity index (χ1n) is 13.8. The van der Waals surface area contributed by atoms with Gasteiger partial charge >= 0.3 is 0 Å². The van der Waals surface area contributed by atoms with E-state index in [1.165, 1.54) is 6.07 Å². The van der Waals surface area contributed by atoms with Crippen LogP contribution in [0.4, 0.5) is 0 Å². The number of carbonyl (C=O) groups excluding carboxylic acids is 4. The Balaban J connectivity index is 1.63. The first-order chi connectivity index (χ1) is 18.4. The molecule has 0 heterocycles. The van der Waals surface area contributed by atoms with E-state index in [9.17, 15) is 39.6 Å². The van der Waals surface area contributed by atoms with Gasteiger partial charge in [0.05, 0.1) is 5.56 Å². The topological polar surface area (TPSA) is 175 Å². The molecule has 0 bridgehead atoms. The number of aliphatic hydroxyl groups is 3. The second-order valence-corrected chi connectivity index (χ2v) is 11.9. The third-order valence-corrected chi connectivity index (χ3v) is 9.35. The molecule has 0 radical (unpaired) electrons. The van der Waals surface area contributed by atoms with Crippen LogP contribution < -0.4 is 5.73 Å². The smallest absolute Gasteiger partial charge is 0.255 e. The summed E-state index contributed by atoms with van der Waals surface area (Å²) in [6.07, 6.45) is 5.80. The monoisotopic (exact) mass is 537 g/mol. The molecule has 4 aliphatic rings. The molecule has 1 amide bonds. The fourth-order valence-electron chi connectivity index (χ4n) is 7.51. The number of fused-ring (bicyclic) bond motifs is 3. The van der Waals surface area contributed by atoms with E-state index in [0.717, 1.165) is 32.1 Å². The predicted octanol–water partition coefficient (Wildman–Crippen LogP) is 3.46. The van der Waals surface area contributed by atoms with Gasteiger partial charge in [0.25, 0.3) is 5.91 Å². The number of rotatable bonds is 5. The molecule has 4 aliphatic carbocycles. The van der Waals surface area contributed by atoms with Gasteiger partial charge in [-0.2, -0.15) is 0 Å². The molecule has 0 saturated heterocycles. The first-order valence-corrected chi connectivity index (χ1v) is 13.8. The van der Waals surface area contributed by atoms with Crippen LogP contribution in [-0.2, 0) is 20.8 Å². The number of nitrogens with two attached hydrogens (primary N) is 1. The van der Waals surface area contributed by atoms with Crippen LogP contribution in [0.5, 0.6) is 5.75 Å². The van der Waals surface area contributed by atoms with Crippen molar-refractivity contribution < 1.29 is 39.6 Å². The first kappa shape index (κ1) is 27.1. The van der Waals surface area contributed by atoms with E-state index in [-0.39, 0.29) is 41.4 Å². The Labute approximate surface area is 226 Å². The molecule has 1 aromatic carbocycles. The summed E-state index contributed by atoms with van der Waals surface area (Å²) in [6, 6.07) is 2.86. The lowest BCUT2D eigenvalue weighted by Gasteiger charge is -2.50. The highest BCUT2D eigenvalue weighted by Crippen LogP contribution is 2.55. The molecule has 39 heavy (non-hydrogen) atoms. The zero-order valence-electron chi connectivity index (χ0n) is 22.2. The number of phenols is 1. The van der Waals surface area contributed by atoms with Gasteiger partial charge in [-0.15, -0.1) is 0 Å². The van der Waals surface area contributed by atoms with Crippen molar-refractivity contribution in [3.63, 3.8) is 0 Å². The number of phenolic OH excluding ortho intramolecular Hbond substituents is 1. The lowest BCUT2D eigenvalue weighted by Crippen LogP contribution is -2.62. The number of ketones is 3. The van der Waals surface area contributed by atoms with Gasteiger partial charge in [-0.1, -0.05) is 46.0 Å². The summed E-state index contributed by atoms with van der Waals surface area (Å²) in [7, 11) is 0. The van der Waals surface area contributed by atoms with E-state index >= 15 is 0 Å². The third-order valence-electron chi connectivity index (χ3n) is 9.35. The van der Waals surface area contributed by atoms with Gasteiger partial charge in [-0.25, -0.2) is 0 Å². The summed E-state index contributed by atoms with van der Waals surface area (Å²) < 4.78 is 0. The third kappa shape index (κ3) is 4.01. The van der Waals surface area contributed by atoms with Gasteiger partial charge in [0, 0.05) is 29.4 Å². The summed E-state index contributed by atoms with van der Waals surface area (Å²) in [5, 5.41) is 44.7. The molecular weight excluding hydrogens is 502 g/mol. The second-order valence-electron chi connectivity index (χ2n) is 11.9. The van der Waals surface area contributed by atoms with E-state index in [1.54, 1.807) is 19.9 Å². The molecule has 9 heteroatoms. The molecule has 0 spiro atoms. The van der Waals surface area contributed by atoms with Crippen LogP contribution in [0.25, 0.3) is 5.76 Å². The van der Waals surface area contributed by atoms with Crippen LogP contribution >= 0.6 is 0 Å². The largest absolute Gasteiger partial charge is 0.508 e. The molecule has 1 aromatic rings. The van der Waals surface area contributed by atoms with Crippen molar-refractivity contribution in [3.8, 4) is 5.75 Å². The average molecular weight is 538 g/mol. The highest BCUT2D eigenvalue weighted by atomic mass is 16.3. The molecular formula is C30H35NO8. The number of carbonyl (C=O) groups is 4. The van der Waals surface area contributed by atoms with Crippen LogP contribution in [0.1, 0.15) is 80.3 Å². The molecule has 2 fully saturated rings. The number of aromatic hydroxyl groups is 1. The van der Waals surface area contributed by atoms with Crippen molar-refractivity contribution in [2.45, 2.75) is 70.8 Å². The highest BCUT2D eigenvalue weighted by molar-refractivity contribution is 6.23. The van der Waals surface area contributed by atoms with Crippen molar-refractivity contribution >= 4 is 29.0 Å². The predicted molar refractivity (Wildman–Crippen MR) is 141 cm³/mol. The average Bonchev–Trinajstić information content (AvgIpc) is 2.86. The minimum atomic E-state index is -2.64. The number of Topliss-reactive ketones (excluding diaryl/α,β-unsaturated/α-hetero) is 3. The van der Waals surface area contributed by atoms with E-state index in [0.29, 0.717) is 17.5 Å². The van der Waals surface area contributed by atoms with Crippen molar-refractivity contribution in [3.05, 3.63) is 45.7 Å². The summed E-state index contributed by atoms with van der Waals surface area (Å²) >= 11 is 0. The summed E-state index contributed by atoms with van der Waals surface area (Å²) in [4.78, 5) is 52.7. The Kier molecular flexibility index (Phi) is 6.69. The van der Waals surface area contributed by atoms with E-state index < -0.39 is 63.8 Å². The maximum atomic E-state index is 13.9. The zero-order valence-corrected chi connectivity index (χ0v) is 22.2. The van der Waals surface area contributed by atoms with Crippen molar-refractivity contribution in [1.82, 2.24) is 0 Å². The minimum absolute atomic E-state index is 0.0255. The Bertz CT molecular complexity index is 1350. The van der Waals surface area contributed by atoms with Gasteiger partial charge < -0.3 is 26.2 Å². The lowest BCUT2D eigenvalue weighted by molar-refractivity contribution is -0.155. The molecule has 2 saturated carbocycles. The van der Waals surface area contributed by atoms with Crippen LogP contribution in [0.15, 0.2) is 29.0 Å². The van der Waals surface area contributed by atoms with Crippen LogP contribution in [-0.4, -0.2) is 49.3 Å². The molecule has 6 N–H and O–H groups in total. The van der Waals surface area contributed by atoms with Gasteiger partial charge in [0.1, 0.15) is 22.8 Å². The Hall–Kier alpha value is -3.46. The maximum Gasteiger partial charge on any atom is 0.255 e. The van der Waals surface area contributed by atoms with Gasteiger partial charge in [-0.05, 0) is 48.3 Å². The molecule has 5 rings (SSSR count). The fourth-order valence-corrected chi connectivity index (χ4v) is 7.51. The highest BCUT2D eigenvalue weighted by Gasteiger charge is 2.64. The van der Waals surface area contributed by atoms with Crippen LogP contribution in [0.3, 0.4) is 0 Å². The molecule has 0 aliphatic heterocycles. The number of aliphatic hydroxyl groups excluding tert-OH is 2. The Morgan fingerprint density at radius 2 is 1.74 bits per heavy atom. The second kappa shape index (κ2) is 9.62. The van der Waals surface area contributed by atoms with E-state index in [4.69, 9.17) is 5.73 Å². The lowest BCUT2D eigenvalue weighted by atomic mass is 9.54. The van der Waals surface area contributed by atoms with Crippen molar-refractivity contribution in [2.75, 3.05) is 0 Å². The summed E-state index contributed by atoms with van der Waals surface area (Å²) in [5.41, 5.74) is 2.47. The number of hydrogen-bond acceptors (Lipinski definition) is 8. The SMILES string of the molecule is CC(C)[C@@H]1C(=O)C(C(N)=O)=C(O)[C@@]2(O)C(=O)C3=C(O)c4c(O)ccc(C(=O)CC5CCCCC5)c4C[C@H]3C[C@@H]12. The fraction of sp³-hybridized carbons (Fsp3) is 0.533. The minimum Gasteiger partial charge on any atom is -0.508 e. The number of primary amides is 1. The molecule has 4 atom stereocenters. The van der Waals surface area contributed by atoms with Gasteiger partial charge in [0.2, 0.25) is 5.78 Å².